The molecule has 4 atom stereocenters. The molecule has 0 aromatic rings. The Kier molecular flexibility index (Phi) is 12.1. The number of aliphatic carboxylic acids is 2. The van der Waals surface area contributed by atoms with E-state index in [1.807, 2.05) is 0 Å². The third-order valence-corrected chi connectivity index (χ3v) is 5.15. The zero-order valence-electron chi connectivity index (χ0n) is 15.9. The van der Waals surface area contributed by atoms with E-state index in [0.29, 0.717) is 25.7 Å². The van der Waals surface area contributed by atoms with Crippen molar-refractivity contribution in [2.45, 2.75) is 51.4 Å². The van der Waals surface area contributed by atoms with Gasteiger partial charge in [-0.3, -0.25) is 9.59 Å². The molecule has 0 aliphatic heterocycles. The maximum Gasteiger partial charge on any atom is 2.00 e. The van der Waals surface area contributed by atoms with Crippen molar-refractivity contribution in [1.29, 1.82) is 0 Å². The third kappa shape index (κ3) is 7.56. The van der Waals surface area contributed by atoms with Crippen LogP contribution in [0, 0.1) is 23.7 Å². The smallest absolute Gasteiger partial charge is 0.550 e. The second-order valence-corrected chi connectivity index (χ2v) is 6.68. The van der Waals surface area contributed by atoms with Crippen molar-refractivity contribution in [3.63, 3.8) is 0 Å². The van der Waals surface area contributed by atoms with Crippen LogP contribution in [0.3, 0.4) is 0 Å². The average Bonchev–Trinajstić information content (AvgIpc) is 2.67. The summed E-state index contributed by atoms with van der Waals surface area (Å²) in [6, 6.07) is 0. The van der Waals surface area contributed by atoms with Gasteiger partial charge in [0.05, 0.1) is 26.1 Å². The van der Waals surface area contributed by atoms with E-state index in [1.54, 1.807) is 0 Å². The van der Waals surface area contributed by atoms with Gasteiger partial charge in [0.15, 0.2) is 0 Å². The molecule has 0 amide bonds. The van der Waals surface area contributed by atoms with Crippen molar-refractivity contribution in [3.8, 4) is 0 Å². The molecule has 0 spiro atoms. The maximum absolute atomic E-state index is 11.2. The van der Waals surface area contributed by atoms with E-state index in [1.165, 1.54) is 14.2 Å². The van der Waals surface area contributed by atoms with Crippen LogP contribution < -0.4 is 10.2 Å². The van der Waals surface area contributed by atoms with Gasteiger partial charge in [0.2, 0.25) is 0 Å². The Morgan fingerprint density at radius 1 is 0.630 bits per heavy atom. The van der Waals surface area contributed by atoms with E-state index in [-0.39, 0.29) is 19.5 Å². The number of carboxylic acid groups (broad SMARTS) is 2. The van der Waals surface area contributed by atoms with Gasteiger partial charge in [-0.2, -0.15) is 0 Å². The van der Waals surface area contributed by atoms with Crippen molar-refractivity contribution in [2.75, 3.05) is 14.2 Å². The number of ether oxygens (including phenoxy) is 2. The van der Waals surface area contributed by atoms with Crippen molar-refractivity contribution in [1.82, 2.24) is 0 Å². The van der Waals surface area contributed by atoms with E-state index in [2.05, 4.69) is 9.47 Å². The molecule has 0 bridgehead atoms. The fourth-order valence-corrected chi connectivity index (χ4v) is 3.69. The molecule has 9 heteroatoms. The Labute approximate surface area is 171 Å². The predicted octanol–water partition coefficient (Wildman–Crippen LogP) is -0.571. The van der Waals surface area contributed by atoms with Crippen LogP contribution >= 0.6 is 0 Å². The Bertz CT molecular complexity index is 475. The zero-order valence-corrected chi connectivity index (χ0v) is 18.9. The summed E-state index contributed by atoms with van der Waals surface area (Å²) in [7, 11) is 2.56. The third-order valence-electron chi connectivity index (χ3n) is 5.15. The van der Waals surface area contributed by atoms with E-state index in [9.17, 15) is 29.4 Å². The number of carbonyl (C=O) groups excluding carboxylic acids is 4. The molecule has 0 aromatic heterocycles. The van der Waals surface area contributed by atoms with Crippen molar-refractivity contribution < 1.29 is 58.3 Å². The molecule has 0 aromatic carbocycles. The number of methoxy groups -OCH3 is 2. The van der Waals surface area contributed by atoms with E-state index in [0.717, 1.165) is 25.7 Å². The van der Waals surface area contributed by atoms with Crippen LogP contribution in [0.5, 0.6) is 0 Å². The van der Waals surface area contributed by atoms with Crippen molar-refractivity contribution >= 4 is 23.9 Å². The van der Waals surface area contributed by atoms with Crippen molar-refractivity contribution in [3.05, 3.63) is 0 Å². The number of hydrogen-bond acceptors (Lipinski definition) is 8. The summed E-state index contributed by atoms with van der Waals surface area (Å²) >= 11 is 0. The Morgan fingerprint density at radius 3 is 1.11 bits per heavy atom. The van der Waals surface area contributed by atoms with Gasteiger partial charge in [-0.25, -0.2) is 0 Å². The second-order valence-electron chi connectivity index (χ2n) is 6.68. The summed E-state index contributed by atoms with van der Waals surface area (Å²) in [5, 5.41) is 21.3. The Hall–Kier alpha value is -1.50. The van der Waals surface area contributed by atoms with E-state index in [4.69, 9.17) is 0 Å². The number of carbonyl (C=O) groups is 4. The first-order chi connectivity index (χ1) is 12.3. The first kappa shape index (κ1) is 25.5. The first-order valence-corrected chi connectivity index (χ1v) is 8.90. The van der Waals surface area contributed by atoms with Crippen LogP contribution in [-0.2, 0) is 48.1 Å². The molecule has 0 saturated heterocycles. The zero-order chi connectivity index (χ0) is 19.7. The van der Waals surface area contributed by atoms with Crippen LogP contribution in [0.1, 0.15) is 51.4 Å². The van der Waals surface area contributed by atoms with Gasteiger partial charge in [-0.05, 0) is 25.7 Å². The molecule has 0 heterocycles. The summed E-state index contributed by atoms with van der Waals surface area (Å²) in [6.07, 6.45) is 5.76. The molecule has 148 valence electrons. The van der Waals surface area contributed by atoms with Gasteiger partial charge in [0.25, 0.3) is 0 Å². The molecule has 8 nitrogen and oxygen atoms in total. The monoisotopic (exact) mass is 434 g/mol. The number of carboxylic acids is 2. The summed E-state index contributed by atoms with van der Waals surface area (Å²) in [5.41, 5.74) is 0. The van der Waals surface area contributed by atoms with Crippen molar-refractivity contribution in [2.24, 2.45) is 23.7 Å². The summed E-state index contributed by atoms with van der Waals surface area (Å²) < 4.78 is 9.08. The number of esters is 2. The van der Waals surface area contributed by atoms with Crippen LogP contribution in [0.15, 0.2) is 0 Å². The van der Waals surface area contributed by atoms with Gasteiger partial charge >= 0.3 is 31.4 Å². The largest absolute Gasteiger partial charge is 2.00 e. The average molecular weight is 436 g/mol. The Balaban J connectivity index is 0.000000483. The van der Waals surface area contributed by atoms with Crippen LogP contribution in [0.25, 0.3) is 0 Å². The molecule has 2 fully saturated rings. The second kappa shape index (κ2) is 12.8. The van der Waals surface area contributed by atoms with Gasteiger partial charge < -0.3 is 29.3 Å². The standard InChI is InChI=1S/2C9H14O4.Zn/c2*1-13-9(12)7-5-3-2-4-6(7)8(10)11;/h2*6-7H,2-5H2,1H3,(H,10,11);/q;;+2/p-2. The minimum atomic E-state index is -1.13. The number of hydrogen-bond donors (Lipinski definition) is 0. The predicted molar refractivity (Wildman–Crippen MR) is 84.9 cm³/mol. The summed E-state index contributed by atoms with van der Waals surface area (Å²) in [5.74, 6) is -5.40. The van der Waals surface area contributed by atoms with Gasteiger partial charge in [-0.15, -0.1) is 0 Å². The molecular weight excluding hydrogens is 410 g/mol. The molecule has 2 saturated carbocycles. The summed E-state index contributed by atoms with van der Waals surface area (Å²) in [4.78, 5) is 43.7. The SMILES string of the molecule is COC(=O)C1CCCCC1C(=O)[O-].COC(=O)C1CCCCC1C(=O)[O-].[Zn+2]. The van der Waals surface area contributed by atoms with Gasteiger partial charge in [0, 0.05) is 23.8 Å². The molecule has 0 N–H and O–H groups in total. The van der Waals surface area contributed by atoms with E-state index < -0.39 is 47.5 Å². The van der Waals surface area contributed by atoms with Crippen LogP contribution in [0.2, 0.25) is 0 Å². The molecule has 27 heavy (non-hydrogen) atoms. The molecule has 4 unspecified atom stereocenters. The minimum absolute atomic E-state index is 0. The molecule has 2 rings (SSSR count). The topological polar surface area (TPSA) is 133 Å². The first-order valence-electron chi connectivity index (χ1n) is 8.90. The molecule has 2 aliphatic rings. The summed E-state index contributed by atoms with van der Waals surface area (Å²) in [6.45, 7) is 0. The van der Waals surface area contributed by atoms with E-state index >= 15 is 0 Å². The Morgan fingerprint density at radius 2 is 0.889 bits per heavy atom. The quantitative estimate of drug-likeness (QED) is 0.423. The maximum atomic E-state index is 11.2. The normalized spacial score (nSPS) is 27.0. The van der Waals surface area contributed by atoms with Crippen LogP contribution in [0.4, 0.5) is 0 Å². The minimum Gasteiger partial charge on any atom is -0.550 e. The molecule has 0 radical (unpaired) electrons. The molecule has 2 aliphatic carbocycles. The molecular formula is C18H26O8Zn. The number of rotatable bonds is 4. The van der Waals surface area contributed by atoms with Gasteiger partial charge in [-0.1, -0.05) is 25.7 Å². The van der Waals surface area contributed by atoms with Crippen LogP contribution in [-0.4, -0.2) is 38.1 Å². The van der Waals surface area contributed by atoms with Gasteiger partial charge in [0.1, 0.15) is 0 Å². The fourth-order valence-electron chi connectivity index (χ4n) is 3.69. The fraction of sp³-hybridized carbons (Fsp3) is 0.778.